The number of carbonyl (C=O) groups excluding carboxylic acids is 1. The number of hydrogen-bond donors (Lipinski definition) is 1. The van der Waals surface area contributed by atoms with Crippen LogP contribution in [0.4, 0.5) is 0 Å². The SMILES string of the molecule is CCOC(=O)C1=C(C)OC(N)=C(C#N)C1C(C)C. The number of nitrogens with zero attached hydrogens (tertiary/aromatic N) is 1. The van der Waals surface area contributed by atoms with Gasteiger partial charge in [0.2, 0.25) is 5.88 Å². The van der Waals surface area contributed by atoms with Crippen molar-refractivity contribution in [2.45, 2.75) is 27.7 Å². The highest BCUT2D eigenvalue weighted by atomic mass is 16.5. The third-order valence-electron chi connectivity index (χ3n) is 2.81. The van der Waals surface area contributed by atoms with E-state index in [2.05, 4.69) is 0 Å². The molecule has 0 spiro atoms. The summed E-state index contributed by atoms with van der Waals surface area (Å²) < 4.78 is 10.3. The predicted octanol–water partition coefficient (Wildman–Crippen LogP) is 1.82. The lowest BCUT2D eigenvalue weighted by Crippen LogP contribution is -2.29. The second kappa shape index (κ2) is 5.58. The molecule has 1 aliphatic heterocycles. The number of nitriles is 1. The van der Waals surface area contributed by atoms with Gasteiger partial charge >= 0.3 is 5.97 Å². The van der Waals surface area contributed by atoms with E-state index in [4.69, 9.17) is 20.5 Å². The molecule has 98 valence electrons. The number of ether oxygens (including phenoxy) is 2. The van der Waals surface area contributed by atoms with E-state index in [-0.39, 0.29) is 24.3 Å². The predicted molar refractivity (Wildman–Crippen MR) is 65.6 cm³/mol. The number of esters is 1. The first-order valence-electron chi connectivity index (χ1n) is 5.89. The lowest BCUT2D eigenvalue weighted by molar-refractivity contribution is -0.139. The Hall–Kier alpha value is -1.96. The minimum atomic E-state index is -0.450. The molecule has 0 saturated heterocycles. The van der Waals surface area contributed by atoms with Crippen LogP contribution in [0.25, 0.3) is 0 Å². The van der Waals surface area contributed by atoms with Crippen molar-refractivity contribution in [2.75, 3.05) is 6.61 Å². The highest BCUT2D eigenvalue weighted by Gasteiger charge is 2.36. The zero-order chi connectivity index (χ0) is 13.9. The smallest absolute Gasteiger partial charge is 0.338 e. The molecule has 0 radical (unpaired) electrons. The molecule has 1 atom stereocenters. The summed E-state index contributed by atoms with van der Waals surface area (Å²) >= 11 is 0. The first-order chi connectivity index (χ1) is 8.43. The fourth-order valence-electron chi connectivity index (χ4n) is 2.06. The van der Waals surface area contributed by atoms with Gasteiger partial charge in [-0.2, -0.15) is 5.26 Å². The average molecular weight is 250 g/mol. The van der Waals surface area contributed by atoms with Gasteiger partial charge in [0.25, 0.3) is 0 Å². The van der Waals surface area contributed by atoms with Gasteiger partial charge in [-0.3, -0.25) is 0 Å². The third kappa shape index (κ3) is 2.48. The van der Waals surface area contributed by atoms with Crippen LogP contribution >= 0.6 is 0 Å². The lowest BCUT2D eigenvalue weighted by atomic mass is 9.80. The zero-order valence-electron chi connectivity index (χ0n) is 11.1. The first kappa shape index (κ1) is 14.1. The maximum Gasteiger partial charge on any atom is 0.338 e. The van der Waals surface area contributed by atoms with E-state index in [0.717, 1.165) is 0 Å². The van der Waals surface area contributed by atoms with E-state index in [9.17, 15) is 4.79 Å². The Kier molecular flexibility index (Phi) is 4.38. The van der Waals surface area contributed by atoms with E-state index in [0.29, 0.717) is 16.9 Å². The average Bonchev–Trinajstić information content (AvgIpc) is 2.27. The Morgan fingerprint density at radius 3 is 2.67 bits per heavy atom. The molecule has 0 aromatic heterocycles. The van der Waals surface area contributed by atoms with Crippen LogP contribution in [0.15, 0.2) is 22.8 Å². The minimum absolute atomic E-state index is 0.0523. The van der Waals surface area contributed by atoms with Crippen LogP contribution in [0.3, 0.4) is 0 Å². The standard InChI is InChI=1S/C13H18N2O3/c1-5-17-13(16)11-8(4)18-12(15)9(6-14)10(11)7(2)3/h7,10H,5,15H2,1-4H3. The largest absolute Gasteiger partial charge is 0.463 e. The Labute approximate surface area is 107 Å². The Bertz CT molecular complexity index is 455. The summed E-state index contributed by atoms with van der Waals surface area (Å²) in [5.41, 5.74) is 6.37. The molecular weight excluding hydrogens is 232 g/mol. The second-order valence-electron chi connectivity index (χ2n) is 4.40. The molecule has 0 fully saturated rings. The van der Waals surface area contributed by atoms with Crippen LogP contribution in [0.5, 0.6) is 0 Å². The second-order valence-corrected chi connectivity index (χ2v) is 4.40. The third-order valence-corrected chi connectivity index (χ3v) is 2.81. The summed E-state index contributed by atoms with van der Waals surface area (Å²) in [5, 5.41) is 9.15. The van der Waals surface area contributed by atoms with Gasteiger partial charge in [-0.05, 0) is 19.8 Å². The Morgan fingerprint density at radius 2 is 2.22 bits per heavy atom. The van der Waals surface area contributed by atoms with Gasteiger partial charge < -0.3 is 15.2 Å². The van der Waals surface area contributed by atoms with Gasteiger partial charge in [0.05, 0.1) is 17.8 Å². The highest BCUT2D eigenvalue weighted by molar-refractivity contribution is 5.91. The molecule has 5 nitrogen and oxygen atoms in total. The zero-order valence-corrected chi connectivity index (χ0v) is 11.1. The molecular formula is C13H18N2O3. The van der Waals surface area contributed by atoms with E-state index in [1.54, 1.807) is 13.8 Å². The molecule has 0 aromatic carbocycles. The van der Waals surface area contributed by atoms with Gasteiger partial charge in [-0.15, -0.1) is 0 Å². The van der Waals surface area contributed by atoms with Gasteiger partial charge in [0.1, 0.15) is 11.8 Å². The van der Waals surface area contributed by atoms with Gasteiger partial charge in [-0.25, -0.2) is 4.79 Å². The van der Waals surface area contributed by atoms with Crippen LogP contribution in [0.1, 0.15) is 27.7 Å². The topological polar surface area (TPSA) is 85.3 Å². The summed E-state index contributed by atoms with van der Waals surface area (Å²) in [4.78, 5) is 12.0. The van der Waals surface area contributed by atoms with Gasteiger partial charge in [0.15, 0.2) is 0 Å². The van der Waals surface area contributed by atoms with Crippen molar-refractivity contribution < 1.29 is 14.3 Å². The molecule has 0 saturated carbocycles. The van der Waals surface area contributed by atoms with Gasteiger partial charge in [0, 0.05) is 5.92 Å². The molecule has 1 aliphatic rings. The summed E-state index contributed by atoms with van der Waals surface area (Å²) in [5.74, 6) is -0.293. The first-order valence-corrected chi connectivity index (χ1v) is 5.89. The van der Waals surface area contributed by atoms with Crippen molar-refractivity contribution in [3.63, 3.8) is 0 Å². The maximum absolute atomic E-state index is 12.0. The summed E-state index contributed by atoms with van der Waals surface area (Å²) in [6.45, 7) is 7.52. The van der Waals surface area contributed by atoms with Crippen molar-refractivity contribution in [3.05, 3.63) is 22.8 Å². The van der Waals surface area contributed by atoms with E-state index >= 15 is 0 Å². The fraction of sp³-hybridized carbons (Fsp3) is 0.538. The molecule has 1 rings (SSSR count). The molecule has 0 bridgehead atoms. The summed E-state index contributed by atoms with van der Waals surface area (Å²) in [6.07, 6.45) is 0. The molecule has 2 N–H and O–H groups in total. The normalized spacial score (nSPS) is 19.7. The van der Waals surface area contributed by atoms with Crippen molar-refractivity contribution in [3.8, 4) is 6.07 Å². The number of rotatable bonds is 3. The minimum Gasteiger partial charge on any atom is -0.463 e. The number of hydrogen-bond acceptors (Lipinski definition) is 5. The van der Waals surface area contributed by atoms with Crippen LogP contribution < -0.4 is 5.73 Å². The molecule has 0 amide bonds. The number of carbonyl (C=O) groups is 1. The summed E-state index contributed by atoms with van der Waals surface area (Å²) in [6, 6.07) is 2.02. The number of allylic oxidation sites excluding steroid dienone is 2. The monoisotopic (exact) mass is 250 g/mol. The molecule has 18 heavy (non-hydrogen) atoms. The van der Waals surface area contributed by atoms with E-state index in [1.807, 2.05) is 19.9 Å². The Balaban J connectivity index is 3.26. The molecule has 0 aromatic rings. The maximum atomic E-state index is 12.0. The van der Waals surface area contributed by atoms with Crippen LogP contribution in [0.2, 0.25) is 0 Å². The van der Waals surface area contributed by atoms with Crippen molar-refractivity contribution in [1.29, 1.82) is 5.26 Å². The fourth-order valence-corrected chi connectivity index (χ4v) is 2.06. The molecule has 1 unspecified atom stereocenters. The van der Waals surface area contributed by atoms with Crippen molar-refractivity contribution in [1.82, 2.24) is 0 Å². The summed E-state index contributed by atoms with van der Waals surface area (Å²) in [7, 11) is 0. The quantitative estimate of drug-likeness (QED) is 0.772. The Morgan fingerprint density at radius 1 is 1.61 bits per heavy atom. The van der Waals surface area contributed by atoms with E-state index < -0.39 is 5.97 Å². The van der Waals surface area contributed by atoms with Crippen LogP contribution in [-0.4, -0.2) is 12.6 Å². The van der Waals surface area contributed by atoms with Crippen LogP contribution in [0, 0.1) is 23.2 Å². The van der Waals surface area contributed by atoms with E-state index in [1.165, 1.54) is 0 Å². The van der Waals surface area contributed by atoms with Crippen molar-refractivity contribution >= 4 is 5.97 Å². The molecule has 1 heterocycles. The van der Waals surface area contributed by atoms with Crippen molar-refractivity contribution in [2.24, 2.45) is 17.6 Å². The highest BCUT2D eigenvalue weighted by Crippen LogP contribution is 2.36. The van der Waals surface area contributed by atoms with Gasteiger partial charge in [-0.1, -0.05) is 13.8 Å². The van der Waals surface area contributed by atoms with Crippen LogP contribution in [-0.2, 0) is 14.3 Å². The number of nitrogens with two attached hydrogens (primary N) is 1. The lowest BCUT2D eigenvalue weighted by Gasteiger charge is -2.28. The molecule has 0 aliphatic carbocycles. The molecule has 5 heteroatoms.